The predicted molar refractivity (Wildman–Crippen MR) is 59.8 cm³/mol. The molecule has 0 saturated heterocycles. The minimum absolute atomic E-state index is 0.240. The van der Waals surface area contributed by atoms with E-state index in [0.717, 1.165) is 12.8 Å². The first-order chi connectivity index (χ1) is 6.70. The highest BCUT2D eigenvalue weighted by Gasteiger charge is 2.08. The lowest BCUT2D eigenvalue weighted by Crippen LogP contribution is -2.23. The molecule has 2 unspecified atom stereocenters. The SMILES string of the molecule is C=CCOCC(O)CS(=O)CCCC. The number of hydrogen-bond donors (Lipinski definition) is 1. The molecular formula is C10H20O3S. The van der Waals surface area contributed by atoms with Crippen molar-refractivity contribution >= 4 is 10.8 Å². The highest BCUT2D eigenvalue weighted by atomic mass is 32.2. The van der Waals surface area contributed by atoms with Crippen LogP contribution >= 0.6 is 0 Å². The fourth-order valence-corrected chi connectivity index (χ4v) is 2.24. The summed E-state index contributed by atoms with van der Waals surface area (Å²) in [6.07, 6.45) is 3.00. The third-order valence-corrected chi connectivity index (χ3v) is 3.15. The first-order valence-electron chi connectivity index (χ1n) is 4.92. The molecule has 0 aliphatic carbocycles. The summed E-state index contributed by atoms with van der Waals surface area (Å²) in [6.45, 7) is 6.22. The minimum Gasteiger partial charge on any atom is -0.390 e. The average Bonchev–Trinajstić information content (AvgIpc) is 2.15. The largest absolute Gasteiger partial charge is 0.390 e. The Morgan fingerprint density at radius 2 is 2.36 bits per heavy atom. The second kappa shape index (κ2) is 9.37. The van der Waals surface area contributed by atoms with E-state index < -0.39 is 16.9 Å². The van der Waals surface area contributed by atoms with E-state index in [4.69, 9.17) is 4.74 Å². The Hall–Kier alpha value is -0.190. The van der Waals surface area contributed by atoms with Gasteiger partial charge in [-0.25, -0.2) is 0 Å². The van der Waals surface area contributed by atoms with Crippen molar-refractivity contribution < 1.29 is 14.1 Å². The second-order valence-electron chi connectivity index (χ2n) is 3.14. The molecule has 2 atom stereocenters. The molecule has 1 N–H and O–H groups in total. The van der Waals surface area contributed by atoms with E-state index in [1.54, 1.807) is 6.08 Å². The molecule has 4 heteroatoms. The van der Waals surface area contributed by atoms with Gasteiger partial charge in [-0.2, -0.15) is 0 Å². The van der Waals surface area contributed by atoms with E-state index >= 15 is 0 Å². The maximum Gasteiger partial charge on any atom is 0.0888 e. The number of hydrogen-bond acceptors (Lipinski definition) is 3. The van der Waals surface area contributed by atoms with Gasteiger partial charge in [-0.1, -0.05) is 19.4 Å². The van der Waals surface area contributed by atoms with E-state index in [0.29, 0.717) is 18.1 Å². The second-order valence-corrected chi connectivity index (χ2v) is 4.77. The molecular weight excluding hydrogens is 200 g/mol. The summed E-state index contributed by atoms with van der Waals surface area (Å²) in [5, 5.41) is 9.39. The summed E-state index contributed by atoms with van der Waals surface area (Å²) < 4.78 is 16.4. The van der Waals surface area contributed by atoms with Gasteiger partial charge in [0.1, 0.15) is 0 Å². The van der Waals surface area contributed by atoms with Crippen LogP contribution in [0, 0.1) is 0 Å². The van der Waals surface area contributed by atoms with Crippen LogP contribution in [-0.2, 0) is 15.5 Å². The molecule has 0 aromatic rings. The van der Waals surface area contributed by atoms with Crippen molar-refractivity contribution in [2.24, 2.45) is 0 Å². The number of aliphatic hydroxyl groups excluding tert-OH is 1. The molecule has 0 aromatic carbocycles. The van der Waals surface area contributed by atoms with Crippen molar-refractivity contribution in [3.8, 4) is 0 Å². The van der Waals surface area contributed by atoms with Crippen molar-refractivity contribution in [3.05, 3.63) is 12.7 Å². The number of aliphatic hydroxyl groups is 1. The molecule has 0 bridgehead atoms. The van der Waals surface area contributed by atoms with Crippen LogP contribution in [0.5, 0.6) is 0 Å². The quantitative estimate of drug-likeness (QED) is 0.467. The molecule has 0 aliphatic heterocycles. The Labute approximate surface area is 88.6 Å². The van der Waals surface area contributed by atoms with Crippen LogP contribution in [0.2, 0.25) is 0 Å². The summed E-state index contributed by atoms with van der Waals surface area (Å²) in [4.78, 5) is 0. The number of unbranched alkanes of at least 4 members (excludes halogenated alkanes) is 1. The zero-order chi connectivity index (χ0) is 10.8. The highest BCUT2D eigenvalue weighted by molar-refractivity contribution is 7.85. The summed E-state index contributed by atoms with van der Waals surface area (Å²) in [7, 11) is -0.911. The van der Waals surface area contributed by atoms with Crippen LogP contribution in [-0.4, -0.2) is 40.1 Å². The molecule has 0 aromatic heterocycles. The van der Waals surface area contributed by atoms with Gasteiger partial charge in [0.15, 0.2) is 0 Å². The Bertz CT molecular complexity index is 171. The molecule has 0 fully saturated rings. The van der Waals surface area contributed by atoms with Gasteiger partial charge in [0, 0.05) is 16.6 Å². The highest BCUT2D eigenvalue weighted by Crippen LogP contribution is 1.96. The molecule has 14 heavy (non-hydrogen) atoms. The van der Waals surface area contributed by atoms with Crippen molar-refractivity contribution in [2.45, 2.75) is 25.9 Å². The molecule has 0 spiro atoms. The zero-order valence-electron chi connectivity index (χ0n) is 8.78. The topological polar surface area (TPSA) is 46.5 Å². The smallest absolute Gasteiger partial charge is 0.0888 e. The summed E-state index contributed by atoms with van der Waals surface area (Å²) in [5.41, 5.74) is 0. The van der Waals surface area contributed by atoms with Crippen molar-refractivity contribution in [3.63, 3.8) is 0 Å². The van der Waals surface area contributed by atoms with E-state index in [2.05, 4.69) is 13.5 Å². The first kappa shape index (κ1) is 13.8. The van der Waals surface area contributed by atoms with E-state index in [-0.39, 0.29) is 6.61 Å². The maximum atomic E-state index is 11.3. The molecule has 3 nitrogen and oxygen atoms in total. The number of ether oxygens (including phenoxy) is 1. The van der Waals surface area contributed by atoms with Crippen LogP contribution in [0.15, 0.2) is 12.7 Å². The molecule has 0 saturated carbocycles. The summed E-state index contributed by atoms with van der Waals surface area (Å²) in [5.74, 6) is 0.992. The van der Waals surface area contributed by atoms with Crippen LogP contribution in [0.3, 0.4) is 0 Å². The summed E-state index contributed by atoms with van der Waals surface area (Å²) in [6, 6.07) is 0. The van der Waals surface area contributed by atoms with Gasteiger partial charge in [-0.3, -0.25) is 4.21 Å². The normalized spacial score (nSPS) is 15.0. The van der Waals surface area contributed by atoms with Crippen LogP contribution < -0.4 is 0 Å². The Balaban J connectivity index is 3.44. The van der Waals surface area contributed by atoms with Gasteiger partial charge < -0.3 is 9.84 Å². The molecule has 0 rings (SSSR count). The van der Waals surface area contributed by atoms with Crippen LogP contribution in [0.25, 0.3) is 0 Å². The Morgan fingerprint density at radius 1 is 1.64 bits per heavy atom. The van der Waals surface area contributed by atoms with E-state index in [1.165, 1.54) is 0 Å². The fraction of sp³-hybridized carbons (Fsp3) is 0.800. The van der Waals surface area contributed by atoms with Crippen molar-refractivity contribution in [2.75, 3.05) is 24.7 Å². The zero-order valence-corrected chi connectivity index (χ0v) is 9.59. The van der Waals surface area contributed by atoms with E-state index in [9.17, 15) is 9.32 Å². The standard InChI is InChI=1S/C10H20O3S/c1-3-5-7-14(12)9-10(11)8-13-6-4-2/h4,10-11H,2-3,5-9H2,1H3. The third-order valence-electron chi connectivity index (χ3n) is 1.65. The van der Waals surface area contributed by atoms with Crippen LogP contribution in [0.4, 0.5) is 0 Å². The molecule has 0 radical (unpaired) electrons. The van der Waals surface area contributed by atoms with E-state index in [1.807, 2.05) is 0 Å². The molecule has 0 aliphatic rings. The first-order valence-corrected chi connectivity index (χ1v) is 6.41. The lowest BCUT2D eigenvalue weighted by atomic mass is 10.4. The maximum absolute atomic E-state index is 11.3. The van der Waals surface area contributed by atoms with Gasteiger partial charge in [0.05, 0.1) is 25.1 Å². The Morgan fingerprint density at radius 3 is 2.93 bits per heavy atom. The van der Waals surface area contributed by atoms with Crippen LogP contribution in [0.1, 0.15) is 19.8 Å². The van der Waals surface area contributed by atoms with Crippen molar-refractivity contribution in [1.29, 1.82) is 0 Å². The van der Waals surface area contributed by atoms with Gasteiger partial charge in [-0.05, 0) is 6.42 Å². The Kier molecular flexibility index (Phi) is 9.24. The fourth-order valence-electron chi connectivity index (χ4n) is 0.939. The molecule has 0 amide bonds. The van der Waals surface area contributed by atoms with Gasteiger partial charge in [-0.15, -0.1) is 6.58 Å². The average molecular weight is 220 g/mol. The molecule has 84 valence electrons. The monoisotopic (exact) mass is 220 g/mol. The van der Waals surface area contributed by atoms with Gasteiger partial charge >= 0.3 is 0 Å². The van der Waals surface area contributed by atoms with Gasteiger partial charge in [0.2, 0.25) is 0 Å². The van der Waals surface area contributed by atoms with Gasteiger partial charge in [0.25, 0.3) is 0 Å². The predicted octanol–water partition coefficient (Wildman–Crippen LogP) is 1.10. The van der Waals surface area contributed by atoms with Crippen molar-refractivity contribution in [1.82, 2.24) is 0 Å². The summed E-state index contributed by atoms with van der Waals surface area (Å²) >= 11 is 0. The lowest BCUT2D eigenvalue weighted by Gasteiger charge is -2.09. The lowest BCUT2D eigenvalue weighted by molar-refractivity contribution is 0.0620. The number of rotatable bonds is 9. The minimum atomic E-state index is -0.911. The molecule has 0 heterocycles. The third kappa shape index (κ3) is 8.41.